The Labute approximate surface area is 446 Å². The first-order valence-corrected chi connectivity index (χ1v) is 36.7. The summed E-state index contributed by atoms with van der Waals surface area (Å²) in [6, 6.07) is 12.7. The smallest absolute Gasteiger partial charge is 0.324 e. The topological polar surface area (TPSA) is 558 Å². The summed E-state index contributed by atoms with van der Waals surface area (Å²) in [5, 5.41) is -1.22. The van der Waals surface area contributed by atoms with Gasteiger partial charge in [0.15, 0.2) is 23.3 Å². The van der Waals surface area contributed by atoms with Crippen molar-refractivity contribution in [3.05, 3.63) is 93.5 Å². The number of nitrogens with zero attached hydrogens (tertiary/aromatic N) is 7. The van der Waals surface area contributed by atoms with E-state index in [9.17, 15) is 115 Å². The van der Waals surface area contributed by atoms with E-state index >= 15 is 0 Å². The van der Waals surface area contributed by atoms with Gasteiger partial charge in [0.2, 0.25) is 0 Å². The fourth-order valence-electron chi connectivity index (χ4n) is 9.75. The monoisotopic (exact) mass is 1270 g/mol. The van der Waals surface area contributed by atoms with Crippen LogP contribution < -0.4 is 0 Å². The van der Waals surface area contributed by atoms with Gasteiger partial charge in [-0.25, -0.2) is 29.9 Å². The van der Waals surface area contributed by atoms with Gasteiger partial charge < -0.3 is 83.3 Å². The molecule has 0 radical (unpaired) electrons. The number of H-pyrrole nitrogens is 1. The Morgan fingerprint density at radius 2 is 0.713 bits per heavy atom. The molecule has 0 aliphatic carbocycles. The van der Waals surface area contributed by atoms with Gasteiger partial charge in [-0.1, -0.05) is 48.5 Å². The second-order valence-electron chi connectivity index (χ2n) is 18.6. The van der Waals surface area contributed by atoms with E-state index in [2.05, 4.69) is 29.9 Å². The number of hydrogen-bond acceptors (Lipinski definition) is 14. The second-order valence-corrected chi connectivity index (χ2v) is 31.7. The van der Waals surface area contributed by atoms with E-state index in [1.807, 2.05) is 0 Å². The van der Waals surface area contributed by atoms with Crippen molar-refractivity contribution < 1.29 is 115 Å². The molecule has 5 heterocycles. The molecule has 426 valence electrons. The average molecular weight is 1270 g/mol. The zero-order valence-electron chi connectivity index (χ0n) is 40.0. The van der Waals surface area contributed by atoms with Crippen molar-refractivity contribution in [2.45, 2.75) is 49.4 Å². The van der Waals surface area contributed by atoms with Crippen LogP contribution in [0.25, 0.3) is 89.7 Å². The summed E-state index contributed by atoms with van der Waals surface area (Å²) < 4.78 is 105. The van der Waals surface area contributed by atoms with Crippen molar-refractivity contribution in [1.82, 2.24) is 39.5 Å². The van der Waals surface area contributed by atoms with Crippen molar-refractivity contribution >= 4 is 105 Å². The molecular formula is C40H42N8O24P8. The lowest BCUT2D eigenvalue weighted by molar-refractivity contribution is 0.362. The molecule has 17 N–H and O–H groups in total. The summed E-state index contributed by atoms with van der Waals surface area (Å²) >= 11 is 0. The van der Waals surface area contributed by atoms with Crippen molar-refractivity contribution in [3.63, 3.8) is 0 Å². The highest BCUT2D eigenvalue weighted by atomic mass is 31.2. The third-order valence-corrected chi connectivity index (χ3v) is 18.0. The summed E-state index contributed by atoms with van der Waals surface area (Å²) in [7, 11) is -43.8. The second kappa shape index (κ2) is 20.6. The number of nitrogens with one attached hydrogen (secondary N) is 1. The van der Waals surface area contributed by atoms with Crippen LogP contribution in [0.4, 0.5) is 0 Å². The largest absolute Gasteiger partial charge is 0.345 e. The Bertz CT molecular complexity index is 4410. The highest BCUT2D eigenvalue weighted by Gasteiger charge is 2.38. The molecule has 0 saturated carbocycles. The first kappa shape index (κ1) is 60.0. The summed E-state index contributed by atoms with van der Waals surface area (Å²) in [6.07, 6.45) is -11.9. The molecule has 2 aliphatic rings. The predicted octanol–water partition coefficient (Wildman–Crippen LogP) is 4.22. The Morgan fingerprint density at radius 1 is 0.362 bits per heavy atom. The third kappa shape index (κ3) is 13.4. The number of fused-ring (bicyclic) bond motifs is 20. The molecule has 32 nitrogen and oxygen atoms in total. The standard InChI is InChI=1S/C40H42N8O24P8/c49-73(50,51)10-18-9-23-30(27(14-77(61,62)63)24(18)11-74(52,53)54)36-43-35(23)47-40-22-8-4-3-7-21(22)39(48(40)17-80(70,71)72)46-34-20-6-2-1-5-19(20)33(41-34)42-37-31-28(15-78(64,65)66)25(12-75(55,56)57)26(13-76(58,59)60)29(16-79(67,68)69)32(31)38(44-36)45-37/h1-9H,10-17H2,(H2,49,50,51)(H2,52,53,54)(H2,55,56,57)(H2,58,59,60)(H2,61,62,63)(H2,64,65,66)(H2,67,68,69)(H2,70,71,72)(H,41,42,43,44,45,46,47). The average Bonchev–Trinajstić information content (AvgIpc) is 4.08. The Hall–Kier alpha value is -4.56. The van der Waals surface area contributed by atoms with Crippen molar-refractivity contribution in [2.75, 3.05) is 0 Å². The summed E-state index contributed by atoms with van der Waals surface area (Å²) in [5.74, 6) is -2.15. The van der Waals surface area contributed by atoms with Gasteiger partial charge in [0.1, 0.15) is 28.9 Å². The van der Waals surface area contributed by atoms with Gasteiger partial charge in [-0.05, 0) is 45.0 Å². The van der Waals surface area contributed by atoms with Gasteiger partial charge >= 0.3 is 60.8 Å². The van der Waals surface area contributed by atoms with Crippen LogP contribution >= 0.6 is 60.8 Å². The zero-order chi connectivity index (χ0) is 58.8. The van der Waals surface area contributed by atoms with Crippen LogP contribution in [0.15, 0.2) is 54.6 Å². The molecule has 8 bridgehead atoms. The van der Waals surface area contributed by atoms with Crippen LogP contribution in [0.3, 0.4) is 0 Å². The van der Waals surface area contributed by atoms with Crippen molar-refractivity contribution in [1.29, 1.82) is 0 Å². The molecule has 0 fully saturated rings. The highest BCUT2D eigenvalue weighted by molar-refractivity contribution is 7.53. The molecular weight excluding hydrogens is 1220 g/mol. The first-order valence-electron chi connectivity index (χ1n) is 22.3. The van der Waals surface area contributed by atoms with Gasteiger partial charge in [0.25, 0.3) is 0 Å². The normalized spacial score (nSPS) is 13.8. The van der Waals surface area contributed by atoms with Crippen molar-refractivity contribution in [2.24, 2.45) is 0 Å². The van der Waals surface area contributed by atoms with Crippen LogP contribution in [0.2, 0.25) is 0 Å². The minimum Gasteiger partial charge on any atom is -0.324 e. The molecule has 40 heteroatoms. The van der Waals surface area contributed by atoms with E-state index in [-0.39, 0.29) is 44.8 Å². The van der Waals surface area contributed by atoms with Gasteiger partial charge in [-0.15, -0.1) is 0 Å². The number of aromatic amines is 1. The van der Waals surface area contributed by atoms with E-state index in [1.165, 1.54) is 48.5 Å². The molecule has 7 aromatic rings. The van der Waals surface area contributed by atoms with Crippen LogP contribution in [-0.2, 0) is 85.9 Å². The first-order chi connectivity index (χ1) is 36.6. The summed E-state index contributed by atoms with van der Waals surface area (Å²) in [4.78, 5) is 199. The molecule has 0 atom stereocenters. The van der Waals surface area contributed by atoms with E-state index in [0.29, 0.717) is 0 Å². The Morgan fingerprint density at radius 3 is 1.14 bits per heavy atom. The Balaban J connectivity index is 1.67. The minimum absolute atomic E-state index is 0.0753. The van der Waals surface area contributed by atoms with Gasteiger partial charge in [0, 0.05) is 43.8 Å². The van der Waals surface area contributed by atoms with Crippen LogP contribution in [0.5, 0.6) is 0 Å². The van der Waals surface area contributed by atoms with Gasteiger partial charge in [-0.3, -0.25) is 41.1 Å². The predicted molar refractivity (Wildman–Crippen MR) is 282 cm³/mol. The van der Waals surface area contributed by atoms with E-state index in [0.717, 1.165) is 10.6 Å². The fraction of sp³-hybridized carbons (Fsp3) is 0.200. The Kier molecular flexibility index (Phi) is 15.5. The lowest BCUT2D eigenvalue weighted by atomic mass is 9.93. The molecule has 0 saturated heterocycles. The van der Waals surface area contributed by atoms with Crippen LogP contribution in [-0.4, -0.2) is 118 Å². The third-order valence-electron chi connectivity index (χ3n) is 12.3. The lowest BCUT2D eigenvalue weighted by Gasteiger charge is -2.22. The maximum atomic E-state index is 13.3. The molecule has 3 aromatic heterocycles. The highest BCUT2D eigenvalue weighted by Crippen LogP contribution is 2.57. The molecule has 2 aliphatic heterocycles. The summed E-state index contributed by atoms with van der Waals surface area (Å²) in [6.45, 7) is 0. The van der Waals surface area contributed by atoms with Crippen molar-refractivity contribution in [3.8, 4) is 45.6 Å². The zero-order valence-corrected chi connectivity index (χ0v) is 47.1. The number of hydrogen-bond donors (Lipinski definition) is 17. The van der Waals surface area contributed by atoms with Crippen LogP contribution in [0.1, 0.15) is 38.9 Å². The molecule has 0 spiro atoms. The molecule has 0 unspecified atom stereocenters. The van der Waals surface area contributed by atoms with Gasteiger partial charge in [0.05, 0.1) is 43.1 Å². The molecule has 0 amide bonds. The fourth-order valence-corrected chi connectivity index (χ4v) is 15.8. The van der Waals surface area contributed by atoms with E-state index in [1.54, 1.807) is 0 Å². The molecule has 4 aromatic carbocycles. The maximum Gasteiger partial charge on any atom is 0.345 e. The number of benzene rings is 4. The molecule has 9 rings (SSSR count). The van der Waals surface area contributed by atoms with E-state index < -0.39 is 194 Å². The molecule has 80 heavy (non-hydrogen) atoms. The number of rotatable bonds is 16. The SMILES string of the molecule is O=P(O)(O)Cc1cc2c(c(CP(=O)(O)O)c1CP(=O)(O)O)-c1nc-2nc2c3ccccc3c(nc3nc(nc4[nH]c(n1)c1c(CP(=O)(O)O)c(CP(=O)(O)O)c(CP(=O)(O)O)c(CP(=O)(O)O)c41)-c1ccccc1-3)n2CP(=O)(O)O. The minimum atomic E-state index is -5.61. The quantitative estimate of drug-likeness (QED) is 0.0602. The number of aromatic nitrogens is 8. The van der Waals surface area contributed by atoms with E-state index in [4.69, 9.17) is 4.98 Å². The maximum absolute atomic E-state index is 13.3. The van der Waals surface area contributed by atoms with Crippen LogP contribution in [0, 0.1) is 0 Å². The lowest BCUT2D eigenvalue weighted by Crippen LogP contribution is -2.09. The summed E-state index contributed by atoms with van der Waals surface area (Å²) in [5.41, 5.74) is -8.81. The van der Waals surface area contributed by atoms with Gasteiger partial charge in [-0.2, -0.15) is 0 Å².